The molecule has 0 fully saturated rings. The minimum atomic E-state index is 0.341. The van der Waals surface area contributed by atoms with Crippen LogP contribution in [0.25, 0.3) is 0 Å². The van der Waals surface area contributed by atoms with Crippen molar-refractivity contribution in [3.63, 3.8) is 0 Å². The Morgan fingerprint density at radius 3 is 2.62 bits per heavy atom. The molecule has 1 aliphatic rings. The summed E-state index contributed by atoms with van der Waals surface area (Å²) >= 11 is 0. The Morgan fingerprint density at radius 2 is 2.06 bits per heavy atom. The molecule has 0 heterocycles. The van der Waals surface area contributed by atoms with E-state index in [1.807, 2.05) is 12.2 Å². The molecule has 0 nitrogen and oxygen atoms in total. The predicted molar refractivity (Wildman–Crippen MR) is 73.4 cm³/mol. The van der Waals surface area contributed by atoms with Crippen LogP contribution < -0.4 is 0 Å². The Hall–Kier alpha value is -1.04. The Labute approximate surface area is 100 Å². The number of rotatable bonds is 3. The van der Waals surface area contributed by atoms with Crippen LogP contribution in [0.2, 0.25) is 0 Å². The van der Waals surface area contributed by atoms with Gasteiger partial charge in [-0.25, -0.2) is 0 Å². The van der Waals surface area contributed by atoms with Gasteiger partial charge in [0, 0.05) is 0 Å². The van der Waals surface area contributed by atoms with Gasteiger partial charge in [-0.1, -0.05) is 55.9 Å². The van der Waals surface area contributed by atoms with Crippen LogP contribution in [0.15, 0.2) is 47.6 Å². The lowest BCUT2D eigenvalue weighted by Gasteiger charge is -2.32. The predicted octanol–water partition coefficient (Wildman–Crippen LogP) is 5.20. The van der Waals surface area contributed by atoms with Crippen LogP contribution in [0.4, 0.5) is 0 Å². The van der Waals surface area contributed by atoms with Crippen molar-refractivity contribution in [3.8, 4) is 0 Å². The molecule has 0 spiro atoms. The third kappa shape index (κ3) is 3.23. The Morgan fingerprint density at radius 1 is 1.38 bits per heavy atom. The maximum atomic E-state index is 3.72. The van der Waals surface area contributed by atoms with E-state index in [0.29, 0.717) is 5.41 Å². The van der Waals surface area contributed by atoms with Crippen molar-refractivity contribution in [2.24, 2.45) is 5.41 Å². The fourth-order valence-electron chi connectivity index (χ4n) is 2.47. The van der Waals surface area contributed by atoms with Crippen LogP contribution in [0, 0.1) is 5.41 Å². The number of hydrogen-bond acceptors (Lipinski definition) is 0. The molecular weight excluding hydrogens is 192 g/mol. The molecule has 88 valence electrons. The van der Waals surface area contributed by atoms with Crippen LogP contribution in [-0.4, -0.2) is 0 Å². The monoisotopic (exact) mass is 216 g/mol. The van der Waals surface area contributed by atoms with Gasteiger partial charge in [-0.2, -0.15) is 0 Å². The van der Waals surface area contributed by atoms with Crippen molar-refractivity contribution in [1.82, 2.24) is 0 Å². The first-order chi connectivity index (χ1) is 7.47. The van der Waals surface area contributed by atoms with E-state index in [2.05, 4.69) is 46.4 Å². The van der Waals surface area contributed by atoms with Crippen LogP contribution >= 0.6 is 0 Å². The molecule has 0 atom stereocenters. The van der Waals surface area contributed by atoms with Crippen molar-refractivity contribution in [2.75, 3.05) is 0 Å². The zero-order chi connectivity index (χ0) is 12.2. The fraction of sp³-hybridized carbons (Fsp3) is 0.500. The fourth-order valence-corrected chi connectivity index (χ4v) is 2.47. The van der Waals surface area contributed by atoms with Crippen LogP contribution in [0.3, 0.4) is 0 Å². The summed E-state index contributed by atoms with van der Waals surface area (Å²) in [7, 11) is 0. The smallest absolute Gasteiger partial charge is 0.0104 e. The lowest BCUT2D eigenvalue weighted by molar-refractivity contribution is 0.377. The molecule has 0 amide bonds. The molecular formula is C16H24. The normalized spacial score (nSPS) is 21.6. The van der Waals surface area contributed by atoms with Gasteiger partial charge in [-0.3, -0.25) is 0 Å². The molecule has 0 saturated heterocycles. The first kappa shape index (κ1) is 13.0. The molecule has 0 heteroatoms. The third-order valence-corrected chi connectivity index (χ3v) is 3.44. The van der Waals surface area contributed by atoms with Gasteiger partial charge < -0.3 is 0 Å². The Kier molecular flexibility index (Phi) is 4.35. The van der Waals surface area contributed by atoms with Gasteiger partial charge in [0.05, 0.1) is 0 Å². The molecule has 1 rings (SSSR count). The molecule has 0 aromatic carbocycles. The summed E-state index contributed by atoms with van der Waals surface area (Å²) in [6.07, 6.45) is 12.3. The minimum Gasteiger partial charge on any atom is -0.0991 e. The third-order valence-electron chi connectivity index (χ3n) is 3.44. The maximum absolute atomic E-state index is 3.72. The molecule has 0 N–H and O–H groups in total. The highest BCUT2D eigenvalue weighted by Gasteiger charge is 2.26. The summed E-state index contributed by atoms with van der Waals surface area (Å²) in [4.78, 5) is 0. The maximum Gasteiger partial charge on any atom is -0.0104 e. The molecule has 0 radical (unpaired) electrons. The van der Waals surface area contributed by atoms with Crippen LogP contribution in [-0.2, 0) is 0 Å². The van der Waals surface area contributed by atoms with Crippen molar-refractivity contribution in [2.45, 2.75) is 47.0 Å². The average Bonchev–Trinajstić information content (AvgIpc) is 2.16. The minimum absolute atomic E-state index is 0.341. The summed E-state index contributed by atoms with van der Waals surface area (Å²) in [6, 6.07) is 0. The van der Waals surface area contributed by atoms with Crippen LogP contribution in [0.1, 0.15) is 47.0 Å². The second kappa shape index (κ2) is 5.34. The summed E-state index contributed by atoms with van der Waals surface area (Å²) < 4.78 is 0. The molecule has 0 aliphatic heterocycles. The van der Waals surface area contributed by atoms with E-state index in [4.69, 9.17) is 0 Å². The van der Waals surface area contributed by atoms with Gasteiger partial charge in [-0.15, -0.1) is 0 Å². The number of hydrogen-bond donors (Lipinski definition) is 0. The SMILES string of the molecule is C=C/C=C(C)\C=C\C1=C(C)CCCC1(C)C. The molecule has 0 saturated carbocycles. The van der Waals surface area contributed by atoms with Gasteiger partial charge in [0.2, 0.25) is 0 Å². The topological polar surface area (TPSA) is 0 Å². The van der Waals surface area contributed by atoms with Gasteiger partial charge in [0.1, 0.15) is 0 Å². The van der Waals surface area contributed by atoms with E-state index >= 15 is 0 Å². The van der Waals surface area contributed by atoms with E-state index in [1.54, 1.807) is 5.57 Å². The van der Waals surface area contributed by atoms with E-state index < -0.39 is 0 Å². The second-order valence-corrected chi connectivity index (χ2v) is 5.41. The summed E-state index contributed by atoms with van der Waals surface area (Å²) in [5.74, 6) is 0. The largest absolute Gasteiger partial charge is 0.0991 e. The van der Waals surface area contributed by atoms with Gasteiger partial charge >= 0.3 is 0 Å². The Bertz CT molecular complexity index is 348. The molecule has 0 aromatic heterocycles. The van der Waals surface area contributed by atoms with Crippen molar-refractivity contribution in [1.29, 1.82) is 0 Å². The van der Waals surface area contributed by atoms with E-state index in [0.717, 1.165) is 0 Å². The second-order valence-electron chi connectivity index (χ2n) is 5.41. The highest BCUT2D eigenvalue weighted by atomic mass is 14.3. The van der Waals surface area contributed by atoms with Gasteiger partial charge in [0.25, 0.3) is 0 Å². The average molecular weight is 216 g/mol. The summed E-state index contributed by atoms with van der Waals surface area (Å²) in [5, 5.41) is 0. The quantitative estimate of drug-likeness (QED) is 0.569. The van der Waals surface area contributed by atoms with Crippen LogP contribution in [0.5, 0.6) is 0 Å². The first-order valence-corrected chi connectivity index (χ1v) is 6.15. The lowest BCUT2D eigenvalue weighted by Crippen LogP contribution is -2.19. The summed E-state index contributed by atoms with van der Waals surface area (Å²) in [5.41, 5.74) is 4.68. The van der Waals surface area contributed by atoms with Crippen molar-refractivity contribution >= 4 is 0 Å². The lowest BCUT2D eigenvalue weighted by atomic mass is 9.72. The molecule has 0 bridgehead atoms. The van der Waals surface area contributed by atoms with E-state index in [1.165, 1.54) is 30.4 Å². The highest BCUT2D eigenvalue weighted by Crippen LogP contribution is 2.40. The van der Waals surface area contributed by atoms with Crippen molar-refractivity contribution in [3.05, 3.63) is 47.6 Å². The molecule has 1 aliphatic carbocycles. The highest BCUT2D eigenvalue weighted by molar-refractivity contribution is 5.36. The van der Waals surface area contributed by atoms with Gasteiger partial charge in [-0.05, 0) is 44.1 Å². The molecule has 0 aromatic rings. The van der Waals surface area contributed by atoms with E-state index in [9.17, 15) is 0 Å². The molecule has 0 unspecified atom stereocenters. The van der Waals surface area contributed by atoms with E-state index in [-0.39, 0.29) is 0 Å². The number of allylic oxidation sites excluding steroid dienone is 7. The molecule has 16 heavy (non-hydrogen) atoms. The zero-order valence-corrected chi connectivity index (χ0v) is 11.1. The zero-order valence-electron chi connectivity index (χ0n) is 11.1. The standard InChI is InChI=1S/C16H24/c1-6-8-13(2)10-11-15-14(3)9-7-12-16(15,4)5/h6,8,10-11H,1,7,9,12H2,2-5H3/b11-10+,13-8-. The van der Waals surface area contributed by atoms with Crippen molar-refractivity contribution < 1.29 is 0 Å². The first-order valence-electron chi connectivity index (χ1n) is 6.15. The summed E-state index contributed by atoms with van der Waals surface area (Å²) in [6.45, 7) is 12.8. The van der Waals surface area contributed by atoms with Gasteiger partial charge in [0.15, 0.2) is 0 Å². The Balaban J connectivity index is 2.93.